The maximum Gasteiger partial charge on any atom is 0.191 e. The van der Waals surface area contributed by atoms with Crippen LogP contribution in [-0.4, -0.2) is 21.5 Å². The Bertz CT molecular complexity index is 543. The zero-order chi connectivity index (χ0) is 12.4. The summed E-state index contributed by atoms with van der Waals surface area (Å²) in [6.45, 7) is 4.13. The molecule has 0 aliphatic heterocycles. The number of aryl methyl sites for hydroxylation is 1. The van der Waals surface area contributed by atoms with Gasteiger partial charge >= 0.3 is 0 Å². The lowest BCUT2D eigenvalue weighted by Crippen LogP contribution is -2.06. The Morgan fingerprint density at radius 3 is 2.82 bits per heavy atom. The summed E-state index contributed by atoms with van der Waals surface area (Å²) < 4.78 is 14.7. The normalized spacial score (nSPS) is 10.6. The van der Waals surface area contributed by atoms with Crippen LogP contribution in [0.5, 0.6) is 0 Å². The molecular formula is C10H10FIN4S. The third-order valence-electron chi connectivity index (χ3n) is 2.03. The maximum atomic E-state index is 13.7. The van der Waals surface area contributed by atoms with Gasteiger partial charge in [0.15, 0.2) is 22.5 Å². The van der Waals surface area contributed by atoms with E-state index >= 15 is 0 Å². The zero-order valence-electron chi connectivity index (χ0n) is 9.29. The van der Waals surface area contributed by atoms with E-state index in [0.29, 0.717) is 23.1 Å². The molecule has 4 nitrogen and oxygen atoms in total. The summed E-state index contributed by atoms with van der Waals surface area (Å²) in [4.78, 5) is 12.5. The highest BCUT2D eigenvalue weighted by Gasteiger charge is 2.14. The number of hydrogen-bond donors (Lipinski definition) is 1. The van der Waals surface area contributed by atoms with E-state index in [2.05, 4.69) is 42.9 Å². The van der Waals surface area contributed by atoms with Crippen molar-refractivity contribution in [3.63, 3.8) is 0 Å². The molecule has 2 aromatic rings. The van der Waals surface area contributed by atoms with Crippen LogP contribution in [0.1, 0.15) is 12.6 Å². The van der Waals surface area contributed by atoms with Crippen molar-refractivity contribution in [1.82, 2.24) is 15.0 Å². The lowest BCUT2D eigenvalue weighted by Gasteiger charge is -2.07. The molecule has 0 radical (unpaired) electrons. The van der Waals surface area contributed by atoms with Gasteiger partial charge in [-0.1, -0.05) is 0 Å². The fraction of sp³-hybridized carbons (Fsp3) is 0.300. The van der Waals surface area contributed by atoms with Crippen molar-refractivity contribution in [3.05, 3.63) is 20.6 Å². The van der Waals surface area contributed by atoms with Crippen molar-refractivity contribution in [2.75, 3.05) is 11.9 Å². The van der Waals surface area contributed by atoms with Crippen LogP contribution in [0.15, 0.2) is 6.20 Å². The molecule has 0 amide bonds. The summed E-state index contributed by atoms with van der Waals surface area (Å²) in [6.07, 6.45) is 1.75. The summed E-state index contributed by atoms with van der Waals surface area (Å²) in [5, 5.41) is 3.59. The molecule has 0 bridgehead atoms. The molecule has 0 saturated carbocycles. The van der Waals surface area contributed by atoms with Gasteiger partial charge in [-0.25, -0.2) is 19.3 Å². The first-order chi connectivity index (χ1) is 8.11. The number of nitrogens with zero attached hydrogens (tertiary/aromatic N) is 3. The molecule has 0 spiro atoms. The van der Waals surface area contributed by atoms with Crippen LogP contribution in [0.3, 0.4) is 0 Å². The minimum atomic E-state index is -0.401. The molecule has 0 saturated heterocycles. The highest BCUT2D eigenvalue weighted by Crippen LogP contribution is 2.25. The highest BCUT2D eigenvalue weighted by molar-refractivity contribution is 14.1. The molecule has 7 heteroatoms. The standard InChI is InChI=1S/C10H10FIN4S/c1-3-13-8-7(11)5(2)15-9(16-8)10-14-4-6(12)17-10/h4H,3H2,1-2H3,(H,13,15,16). The predicted octanol–water partition coefficient (Wildman–Crippen LogP) is 3.08. The number of halogens is 2. The third kappa shape index (κ3) is 2.71. The van der Waals surface area contributed by atoms with Gasteiger partial charge in [-0.2, -0.15) is 0 Å². The van der Waals surface area contributed by atoms with Gasteiger partial charge in [-0.3, -0.25) is 0 Å². The molecule has 0 unspecified atom stereocenters. The quantitative estimate of drug-likeness (QED) is 0.851. The van der Waals surface area contributed by atoms with E-state index < -0.39 is 5.82 Å². The van der Waals surface area contributed by atoms with E-state index in [0.717, 1.165) is 2.88 Å². The largest absolute Gasteiger partial charge is 0.368 e. The molecule has 1 N–H and O–H groups in total. The molecule has 0 aliphatic carbocycles. The molecule has 17 heavy (non-hydrogen) atoms. The van der Waals surface area contributed by atoms with E-state index in [1.165, 1.54) is 11.3 Å². The summed E-state index contributed by atoms with van der Waals surface area (Å²) in [6, 6.07) is 0. The SMILES string of the molecule is CCNc1nc(-c2ncc(I)s2)nc(C)c1F. The van der Waals surface area contributed by atoms with Crippen LogP contribution in [0, 0.1) is 15.6 Å². The van der Waals surface area contributed by atoms with Crippen molar-refractivity contribution in [3.8, 4) is 10.8 Å². The van der Waals surface area contributed by atoms with E-state index in [4.69, 9.17) is 0 Å². The van der Waals surface area contributed by atoms with Crippen molar-refractivity contribution in [1.29, 1.82) is 0 Å². The van der Waals surface area contributed by atoms with Crippen molar-refractivity contribution in [2.45, 2.75) is 13.8 Å². The fourth-order valence-corrected chi connectivity index (χ4v) is 2.64. The van der Waals surface area contributed by atoms with Gasteiger partial charge in [-0.05, 0) is 36.4 Å². The monoisotopic (exact) mass is 364 g/mol. The van der Waals surface area contributed by atoms with E-state index in [1.807, 2.05) is 6.92 Å². The van der Waals surface area contributed by atoms with Gasteiger partial charge in [-0.15, -0.1) is 11.3 Å². The van der Waals surface area contributed by atoms with Crippen LogP contribution < -0.4 is 5.32 Å². The van der Waals surface area contributed by atoms with E-state index in [9.17, 15) is 4.39 Å². The van der Waals surface area contributed by atoms with E-state index in [1.54, 1.807) is 13.1 Å². The number of aromatic nitrogens is 3. The number of thiazole rings is 1. The van der Waals surface area contributed by atoms with Gasteiger partial charge in [0.2, 0.25) is 0 Å². The van der Waals surface area contributed by atoms with E-state index in [-0.39, 0.29) is 5.82 Å². The summed E-state index contributed by atoms with van der Waals surface area (Å²) >= 11 is 3.66. The molecular weight excluding hydrogens is 354 g/mol. The molecule has 2 heterocycles. The Kier molecular flexibility index (Phi) is 3.87. The first kappa shape index (κ1) is 12.6. The number of hydrogen-bond acceptors (Lipinski definition) is 5. The number of anilines is 1. The van der Waals surface area contributed by atoms with Crippen LogP contribution in [-0.2, 0) is 0 Å². The van der Waals surface area contributed by atoms with Crippen molar-refractivity contribution >= 4 is 39.7 Å². The average Bonchev–Trinajstić information content (AvgIpc) is 2.71. The minimum absolute atomic E-state index is 0.236. The molecule has 0 atom stereocenters. The Morgan fingerprint density at radius 1 is 1.47 bits per heavy atom. The predicted molar refractivity (Wildman–Crippen MR) is 74.7 cm³/mol. The second-order valence-electron chi connectivity index (χ2n) is 3.30. The summed E-state index contributed by atoms with van der Waals surface area (Å²) in [5.74, 6) is 0.301. The molecule has 90 valence electrons. The summed E-state index contributed by atoms with van der Waals surface area (Å²) in [7, 11) is 0. The number of nitrogens with one attached hydrogen (secondary N) is 1. The van der Waals surface area contributed by atoms with Gasteiger partial charge in [0, 0.05) is 6.54 Å². The molecule has 2 rings (SSSR count). The minimum Gasteiger partial charge on any atom is -0.368 e. The second kappa shape index (κ2) is 5.21. The van der Waals surface area contributed by atoms with Crippen LogP contribution in [0.25, 0.3) is 10.8 Å². The Balaban J connectivity index is 2.48. The van der Waals surface area contributed by atoms with Gasteiger partial charge < -0.3 is 5.32 Å². The van der Waals surface area contributed by atoms with Crippen LogP contribution in [0.2, 0.25) is 0 Å². The number of rotatable bonds is 3. The average molecular weight is 364 g/mol. The zero-order valence-corrected chi connectivity index (χ0v) is 12.3. The Labute approximate surface area is 116 Å². The first-order valence-corrected chi connectivity index (χ1v) is 6.91. The van der Waals surface area contributed by atoms with Crippen molar-refractivity contribution in [2.24, 2.45) is 0 Å². The topological polar surface area (TPSA) is 50.7 Å². The maximum absolute atomic E-state index is 13.7. The molecule has 2 aromatic heterocycles. The lowest BCUT2D eigenvalue weighted by molar-refractivity contribution is 0.606. The lowest BCUT2D eigenvalue weighted by atomic mass is 10.4. The second-order valence-corrected chi connectivity index (χ2v) is 6.22. The fourth-order valence-electron chi connectivity index (χ4n) is 1.30. The van der Waals surface area contributed by atoms with Gasteiger partial charge in [0.25, 0.3) is 0 Å². The van der Waals surface area contributed by atoms with Crippen molar-refractivity contribution < 1.29 is 4.39 Å². The Morgan fingerprint density at radius 2 is 2.24 bits per heavy atom. The highest BCUT2D eigenvalue weighted by atomic mass is 127. The van der Waals surface area contributed by atoms with Crippen LogP contribution >= 0.6 is 33.9 Å². The molecule has 0 aliphatic rings. The van der Waals surface area contributed by atoms with Gasteiger partial charge in [0.05, 0.1) is 14.8 Å². The molecule has 0 fully saturated rings. The summed E-state index contributed by atoms with van der Waals surface area (Å²) in [5.41, 5.74) is 0.330. The van der Waals surface area contributed by atoms with Gasteiger partial charge in [0.1, 0.15) is 0 Å². The first-order valence-electron chi connectivity index (χ1n) is 5.01. The Hall–Kier alpha value is -0.830. The smallest absolute Gasteiger partial charge is 0.191 e. The third-order valence-corrected chi connectivity index (χ3v) is 3.75. The molecule has 0 aromatic carbocycles. The van der Waals surface area contributed by atoms with Crippen LogP contribution in [0.4, 0.5) is 10.2 Å².